The maximum Gasteiger partial charge on any atom is 0.242 e. The predicted molar refractivity (Wildman–Crippen MR) is 95.7 cm³/mol. The summed E-state index contributed by atoms with van der Waals surface area (Å²) >= 11 is 0. The zero-order valence-corrected chi connectivity index (χ0v) is 15.1. The Bertz CT molecular complexity index is 822. The number of benzene rings is 1. The summed E-state index contributed by atoms with van der Waals surface area (Å²) in [5.41, 5.74) is 1.11. The third kappa shape index (κ3) is 3.82. The lowest BCUT2D eigenvalue weighted by Crippen LogP contribution is -2.28. The highest BCUT2D eigenvalue weighted by Crippen LogP contribution is 2.34. The highest BCUT2D eigenvalue weighted by Gasteiger charge is 2.31. The number of halogens is 1. The molecule has 25 heavy (non-hydrogen) atoms. The molecule has 1 N–H and O–H groups in total. The normalized spacial score (nSPS) is 20.8. The number of nitrogens with one attached hydrogen (secondary N) is 1. The Labute approximate surface area is 147 Å². The molecule has 1 fully saturated rings. The molecule has 1 aromatic carbocycles. The Kier molecular flexibility index (Phi) is 5.06. The number of hydrogen-bond donors (Lipinski definition) is 1. The zero-order valence-electron chi connectivity index (χ0n) is 14.3. The SMILES string of the molecule is CCNS(=O)(=O)c1ccc(N2CC(c3ccc(F)cc3)CC2C)nc1. The van der Waals surface area contributed by atoms with Crippen molar-refractivity contribution in [3.63, 3.8) is 0 Å². The van der Waals surface area contributed by atoms with Crippen LogP contribution >= 0.6 is 0 Å². The fourth-order valence-electron chi connectivity index (χ4n) is 3.30. The average molecular weight is 363 g/mol. The monoisotopic (exact) mass is 363 g/mol. The van der Waals surface area contributed by atoms with E-state index >= 15 is 0 Å². The van der Waals surface area contributed by atoms with Gasteiger partial charge in [-0.3, -0.25) is 0 Å². The van der Waals surface area contributed by atoms with Gasteiger partial charge < -0.3 is 4.90 Å². The van der Waals surface area contributed by atoms with E-state index in [0.29, 0.717) is 12.5 Å². The van der Waals surface area contributed by atoms with Gasteiger partial charge in [0.2, 0.25) is 10.0 Å². The molecule has 2 heterocycles. The van der Waals surface area contributed by atoms with Crippen molar-refractivity contribution in [1.82, 2.24) is 9.71 Å². The second kappa shape index (κ2) is 7.09. The summed E-state index contributed by atoms with van der Waals surface area (Å²) in [4.78, 5) is 6.68. The summed E-state index contributed by atoms with van der Waals surface area (Å²) in [6.07, 6.45) is 2.34. The summed E-state index contributed by atoms with van der Waals surface area (Å²) in [7, 11) is -3.49. The van der Waals surface area contributed by atoms with E-state index in [2.05, 4.69) is 21.5 Å². The van der Waals surface area contributed by atoms with Crippen LogP contribution in [-0.2, 0) is 10.0 Å². The topological polar surface area (TPSA) is 62.3 Å². The van der Waals surface area contributed by atoms with Gasteiger partial charge in [-0.05, 0) is 43.2 Å². The molecular weight excluding hydrogens is 341 g/mol. The average Bonchev–Trinajstić information content (AvgIpc) is 2.97. The van der Waals surface area contributed by atoms with Gasteiger partial charge in [0.15, 0.2) is 0 Å². The largest absolute Gasteiger partial charge is 0.353 e. The van der Waals surface area contributed by atoms with Crippen molar-refractivity contribution in [2.24, 2.45) is 0 Å². The van der Waals surface area contributed by atoms with E-state index in [4.69, 9.17) is 0 Å². The number of pyridine rings is 1. The van der Waals surface area contributed by atoms with Crippen molar-refractivity contribution < 1.29 is 12.8 Å². The van der Waals surface area contributed by atoms with E-state index in [9.17, 15) is 12.8 Å². The molecule has 5 nitrogen and oxygen atoms in total. The van der Waals surface area contributed by atoms with E-state index < -0.39 is 10.0 Å². The molecule has 1 saturated heterocycles. The van der Waals surface area contributed by atoms with Gasteiger partial charge in [-0.15, -0.1) is 0 Å². The number of rotatable bonds is 5. The number of sulfonamides is 1. The number of nitrogens with zero attached hydrogens (tertiary/aromatic N) is 2. The molecule has 0 spiro atoms. The minimum atomic E-state index is -3.49. The van der Waals surface area contributed by atoms with E-state index in [1.54, 1.807) is 19.1 Å². The van der Waals surface area contributed by atoms with E-state index in [1.165, 1.54) is 18.3 Å². The van der Waals surface area contributed by atoms with Crippen molar-refractivity contribution in [3.05, 3.63) is 54.0 Å². The fourth-order valence-corrected chi connectivity index (χ4v) is 4.29. The van der Waals surface area contributed by atoms with Gasteiger partial charge in [0, 0.05) is 31.2 Å². The first-order valence-electron chi connectivity index (χ1n) is 8.38. The van der Waals surface area contributed by atoms with Crippen molar-refractivity contribution >= 4 is 15.8 Å². The van der Waals surface area contributed by atoms with Crippen LogP contribution in [0.15, 0.2) is 47.5 Å². The summed E-state index contributed by atoms with van der Waals surface area (Å²) in [6.45, 7) is 4.97. The molecule has 0 saturated carbocycles. The molecular formula is C18H22FN3O2S. The molecule has 1 aromatic heterocycles. The molecule has 0 radical (unpaired) electrons. The Morgan fingerprint density at radius 2 is 1.96 bits per heavy atom. The molecule has 2 unspecified atom stereocenters. The highest BCUT2D eigenvalue weighted by molar-refractivity contribution is 7.89. The van der Waals surface area contributed by atoms with E-state index in [-0.39, 0.29) is 16.8 Å². The Morgan fingerprint density at radius 1 is 1.24 bits per heavy atom. The maximum atomic E-state index is 13.1. The fraction of sp³-hybridized carbons (Fsp3) is 0.389. The highest BCUT2D eigenvalue weighted by atomic mass is 32.2. The second-order valence-electron chi connectivity index (χ2n) is 6.34. The molecule has 134 valence electrons. The van der Waals surface area contributed by atoms with Crippen LogP contribution < -0.4 is 9.62 Å². The van der Waals surface area contributed by atoms with Crippen molar-refractivity contribution in [3.8, 4) is 0 Å². The second-order valence-corrected chi connectivity index (χ2v) is 8.11. The van der Waals surface area contributed by atoms with E-state index in [1.807, 2.05) is 12.1 Å². The van der Waals surface area contributed by atoms with Gasteiger partial charge >= 0.3 is 0 Å². The van der Waals surface area contributed by atoms with Crippen LogP contribution in [0.2, 0.25) is 0 Å². The summed E-state index contributed by atoms with van der Waals surface area (Å²) in [6, 6.07) is 10.2. The third-order valence-electron chi connectivity index (χ3n) is 4.58. The lowest BCUT2D eigenvalue weighted by molar-refractivity contribution is 0.583. The van der Waals surface area contributed by atoms with E-state index in [0.717, 1.165) is 24.3 Å². The Hall–Kier alpha value is -1.99. The van der Waals surface area contributed by atoms with Crippen LogP contribution in [0.5, 0.6) is 0 Å². The first kappa shape index (κ1) is 17.8. The van der Waals surface area contributed by atoms with Gasteiger partial charge in [0.25, 0.3) is 0 Å². The molecule has 1 aliphatic rings. The quantitative estimate of drug-likeness (QED) is 0.887. The molecule has 1 aliphatic heterocycles. The molecule has 0 bridgehead atoms. The Morgan fingerprint density at radius 3 is 2.56 bits per heavy atom. The van der Waals surface area contributed by atoms with Crippen LogP contribution in [0.25, 0.3) is 0 Å². The first-order valence-corrected chi connectivity index (χ1v) is 9.87. The van der Waals surface area contributed by atoms with Crippen molar-refractivity contribution in [2.45, 2.75) is 37.1 Å². The third-order valence-corrected chi connectivity index (χ3v) is 6.11. The van der Waals surface area contributed by atoms with Crippen LogP contribution in [0.3, 0.4) is 0 Å². The summed E-state index contributed by atoms with van der Waals surface area (Å²) in [5, 5.41) is 0. The molecule has 0 amide bonds. The standard InChI is InChI=1S/C18H22FN3O2S/c1-3-21-25(23,24)17-8-9-18(20-11-17)22-12-15(10-13(22)2)14-4-6-16(19)7-5-14/h4-9,11,13,15,21H,3,10,12H2,1-2H3. The summed E-state index contributed by atoms with van der Waals surface area (Å²) < 4.78 is 39.6. The van der Waals surface area contributed by atoms with Crippen molar-refractivity contribution in [2.75, 3.05) is 18.0 Å². The zero-order chi connectivity index (χ0) is 18.0. The maximum absolute atomic E-state index is 13.1. The molecule has 2 aromatic rings. The number of anilines is 1. The molecule has 2 atom stereocenters. The van der Waals surface area contributed by atoms with Crippen molar-refractivity contribution in [1.29, 1.82) is 0 Å². The van der Waals surface area contributed by atoms with Gasteiger partial charge in [-0.25, -0.2) is 22.5 Å². The van der Waals surface area contributed by atoms with Gasteiger partial charge in [0.1, 0.15) is 16.5 Å². The van der Waals surface area contributed by atoms with Crippen LogP contribution in [0.1, 0.15) is 31.7 Å². The van der Waals surface area contributed by atoms with Crippen LogP contribution in [0.4, 0.5) is 10.2 Å². The minimum Gasteiger partial charge on any atom is -0.353 e. The van der Waals surface area contributed by atoms with Crippen LogP contribution in [-0.4, -0.2) is 32.5 Å². The molecule has 3 rings (SSSR count). The summed E-state index contributed by atoms with van der Waals surface area (Å²) in [5.74, 6) is 0.834. The van der Waals surface area contributed by atoms with Gasteiger partial charge in [-0.1, -0.05) is 19.1 Å². The lowest BCUT2D eigenvalue weighted by atomic mass is 9.97. The Balaban J connectivity index is 1.77. The first-order chi connectivity index (χ1) is 11.9. The predicted octanol–water partition coefficient (Wildman–Crippen LogP) is 2.90. The van der Waals surface area contributed by atoms with Crippen LogP contribution in [0, 0.1) is 5.82 Å². The lowest BCUT2D eigenvalue weighted by Gasteiger charge is -2.22. The number of aromatic nitrogens is 1. The molecule has 0 aliphatic carbocycles. The molecule has 7 heteroatoms. The van der Waals surface area contributed by atoms with Gasteiger partial charge in [-0.2, -0.15) is 0 Å². The smallest absolute Gasteiger partial charge is 0.242 e. The van der Waals surface area contributed by atoms with Gasteiger partial charge in [0.05, 0.1) is 0 Å². The number of hydrogen-bond acceptors (Lipinski definition) is 4. The minimum absolute atomic E-state index is 0.167.